The van der Waals surface area contributed by atoms with Crippen LogP contribution in [-0.2, 0) is 9.53 Å². The summed E-state index contributed by atoms with van der Waals surface area (Å²) in [6, 6.07) is 17.3. The third-order valence-corrected chi connectivity index (χ3v) is 4.25. The maximum Gasteiger partial charge on any atom is 0.261 e. The molecule has 0 radical (unpaired) electrons. The zero-order valence-electron chi connectivity index (χ0n) is 15.5. The van der Waals surface area contributed by atoms with Crippen molar-refractivity contribution < 1.29 is 19.1 Å². The maximum absolute atomic E-state index is 12.8. The number of methoxy groups -OCH3 is 1. The Morgan fingerprint density at radius 1 is 1.00 bits per heavy atom. The van der Waals surface area contributed by atoms with Crippen LogP contribution >= 0.6 is 15.9 Å². The van der Waals surface area contributed by atoms with Gasteiger partial charge in [-0.3, -0.25) is 9.59 Å². The second-order valence-electron chi connectivity index (χ2n) is 5.93. The van der Waals surface area contributed by atoms with Crippen molar-refractivity contribution in [2.75, 3.05) is 24.4 Å². The minimum Gasteiger partial charge on any atom is -0.438 e. The molecule has 2 amide bonds. The van der Waals surface area contributed by atoms with Crippen LogP contribution in [0.1, 0.15) is 10.4 Å². The number of hydrogen-bond donors (Lipinski definition) is 2. The van der Waals surface area contributed by atoms with Gasteiger partial charge in [-0.2, -0.15) is 0 Å². The van der Waals surface area contributed by atoms with Crippen molar-refractivity contribution >= 4 is 39.1 Å². The minimum absolute atomic E-state index is 0.0526. The van der Waals surface area contributed by atoms with E-state index in [9.17, 15) is 9.59 Å². The lowest BCUT2D eigenvalue weighted by molar-refractivity contribution is -0.119. The molecule has 7 nitrogen and oxygen atoms in total. The Labute approximate surface area is 176 Å². The summed E-state index contributed by atoms with van der Waals surface area (Å²) in [5.41, 5.74) is 1.34. The molecule has 0 bridgehead atoms. The molecule has 0 spiro atoms. The van der Waals surface area contributed by atoms with Gasteiger partial charge in [0.05, 0.1) is 0 Å². The molecule has 0 aliphatic carbocycles. The van der Waals surface area contributed by atoms with Crippen LogP contribution in [0.15, 0.2) is 71.3 Å². The third-order valence-electron chi connectivity index (χ3n) is 3.72. The van der Waals surface area contributed by atoms with Gasteiger partial charge in [-0.15, -0.1) is 0 Å². The molecule has 0 aliphatic heterocycles. The fraction of sp³-hybridized carbons (Fsp3) is 0.0952. The summed E-state index contributed by atoms with van der Waals surface area (Å²) in [6.07, 6.45) is 1.55. The van der Waals surface area contributed by atoms with Crippen LogP contribution in [-0.4, -0.2) is 30.5 Å². The molecule has 1 heterocycles. The molecule has 1 aromatic heterocycles. The number of carbonyl (C=O) groups is 2. The molecule has 8 heteroatoms. The molecule has 0 saturated heterocycles. The number of ether oxygens (including phenoxy) is 2. The predicted octanol–water partition coefficient (Wildman–Crippen LogP) is 4.47. The summed E-state index contributed by atoms with van der Waals surface area (Å²) in [7, 11) is 1.44. The first kappa shape index (κ1) is 20.5. The van der Waals surface area contributed by atoms with Crippen LogP contribution in [0.5, 0.6) is 11.6 Å². The van der Waals surface area contributed by atoms with E-state index in [0.717, 1.165) is 4.47 Å². The van der Waals surface area contributed by atoms with Gasteiger partial charge in [-0.1, -0.05) is 22.0 Å². The van der Waals surface area contributed by atoms with Crippen LogP contribution in [0.2, 0.25) is 0 Å². The van der Waals surface area contributed by atoms with Gasteiger partial charge in [0.25, 0.3) is 5.91 Å². The molecule has 29 heavy (non-hydrogen) atoms. The highest BCUT2D eigenvalue weighted by Gasteiger charge is 2.15. The average molecular weight is 456 g/mol. The number of benzene rings is 2. The molecule has 3 rings (SSSR count). The molecular weight excluding hydrogens is 438 g/mol. The Morgan fingerprint density at radius 3 is 2.45 bits per heavy atom. The van der Waals surface area contributed by atoms with Crippen molar-refractivity contribution in [3.05, 3.63) is 76.9 Å². The number of halogens is 1. The van der Waals surface area contributed by atoms with Crippen molar-refractivity contribution in [1.29, 1.82) is 0 Å². The van der Waals surface area contributed by atoms with E-state index in [-0.39, 0.29) is 29.9 Å². The highest BCUT2D eigenvalue weighted by Crippen LogP contribution is 2.25. The summed E-state index contributed by atoms with van der Waals surface area (Å²) < 4.78 is 11.5. The average Bonchev–Trinajstić information content (AvgIpc) is 2.70. The van der Waals surface area contributed by atoms with Gasteiger partial charge in [-0.25, -0.2) is 4.98 Å². The molecule has 2 aromatic carbocycles. The zero-order chi connectivity index (χ0) is 20.6. The summed E-state index contributed by atoms with van der Waals surface area (Å²) in [5, 5.41) is 5.48. The Hall–Kier alpha value is -3.23. The lowest BCUT2D eigenvalue weighted by Crippen LogP contribution is -2.17. The van der Waals surface area contributed by atoms with Crippen molar-refractivity contribution in [3.8, 4) is 11.6 Å². The van der Waals surface area contributed by atoms with Gasteiger partial charge < -0.3 is 20.1 Å². The van der Waals surface area contributed by atoms with Crippen LogP contribution in [0.3, 0.4) is 0 Å². The number of carbonyl (C=O) groups excluding carboxylic acids is 2. The van der Waals surface area contributed by atoms with Crippen molar-refractivity contribution in [2.45, 2.75) is 0 Å². The molecule has 0 unspecified atom stereocenters. The number of nitrogens with one attached hydrogen (secondary N) is 2. The van der Waals surface area contributed by atoms with Crippen LogP contribution in [0.25, 0.3) is 0 Å². The lowest BCUT2D eigenvalue weighted by atomic mass is 10.2. The summed E-state index contributed by atoms with van der Waals surface area (Å²) in [4.78, 5) is 28.6. The molecule has 3 aromatic rings. The molecule has 148 valence electrons. The fourth-order valence-electron chi connectivity index (χ4n) is 2.46. The van der Waals surface area contributed by atoms with Gasteiger partial charge in [0, 0.05) is 29.2 Å². The fourth-order valence-corrected chi connectivity index (χ4v) is 2.72. The van der Waals surface area contributed by atoms with Gasteiger partial charge in [0.15, 0.2) is 0 Å². The summed E-state index contributed by atoms with van der Waals surface area (Å²) in [6.45, 7) is -0.0526. The normalized spacial score (nSPS) is 10.3. The second kappa shape index (κ2) is 9.81. The van der Waals surface area contributed by atoms with E-state index in [1.165, 1.54) is 7.11 Å². The number of nitrogens with zero attached hydrogens (tertiary/aromatic N) is 1. The molecule has 0 saturated carbocycles. The van der Waals surface area contributed by atoms with E-state index >= 15 is 0 Å². The highest BCUT2D eigenvalue weighted by atomic mass is 79.9. The highest BCUT2D eigenvalue weighted by molar-refractivity contribution is 9.10. The summed E-state index contributed by atoms with van der Waals surface area (Å²) >= 11 is 3.37. The molecular formula is C21H18BrN3O4. The molecule has 0 fully saturated rings. The van der Waals surface area contributed by atoms with E-state index < -0.39 is 0 Å². The molecule has 0 atom stereocenters. The Kier molecular flexibility index (Phi) is 6.94. The maximum atomic E-state index is 12.8. The van der Waals surface area contributed by atoms with Crippen LogP contribution in [0.4, 0.5) is 11.4 Å². The number of anilines is 2. The first-order valence-electron chi connectivity index (χ1n) is 8.64. The van der Waals surface area contributed by atoms with Crippen molar-refractivity contribution in [1.82, 2.24) is 4.98 Å². The smallest absolute Gasteiger partial charge is 0.261 e. The van der Waals surface area contributed by atoms with E-state index in [0.29, 0.717) is 17.1 Å². The number of hydrogen-bond acceptors (Lipinski definition) is 5. The van der Waals surface area contributed by atoms with E-state index in [1.54, 1.807) is 54.7 Å². The quantitative estimate of drug-likeness (QED) is 0.548. The number of amides is 2. The second-order valence-corrected chi connectivity index (χ2v) is 6.84. The van der Waals surface area contributed by atoms with Crippen LogP contribution < -0.4 is 15.4 Å². The van der Waals surface area contributed by atoms with Gasteiger partial charge in [-0.05, 0) is 54.6 Å². The standard InChI is InChI=1S/C21H18BrN3O4/c1-28-13-19(26)24-15-4-2-5-16(12-15)25-20(27)18-6-3-11-23-21(18)29-17-9-7-14(22)8-10-17/h2-12H,13H2,1H3,(H,24,26)(H,25,27). The Morgan fingerprint density at radius 2 is 1.72 bits per heavy atom. The topological polar surface area (TPSA) is 89.6 Å². The van der Waals surface area contributed by atoms with Gasteiger partial charge in [0.2, 0.25) is 11.8 Å². The SMILES string of the molecule is COCC(=O)Nc1cccc(NC(=O)c2cccnc2Oc2ccc(Br)cc2)c1. The Bertz CT molecular complexity index is 1010. The first-order valence-corrected chi connectivity index (χ1v) is 9.43. The molecule has 2 N–H and O–H groups in total. The number of pyridine rings is 1. The first-order chi connectivity index (χ1) is 14.0. The third kappa shape index (κ3) is 5.87. The van der Waals surface area contributed by atoms with Crippen LogP contribution in [0, 0.1) is 0 Å². The number of rotatable bonds is 7. The van der Waals surface area contributed by atoms with Gasteiger partial charge in [0.1, 0.15) is 17.9 Å². The lowest BCUT2D eigenvalue weighted by Gasteiger charge is -2.11. The molecule has 0 aliphatic rings. The van der Waals surface area contributed by atoms with E-state index in [1.807, 2.05) is 12.1 Å². The zero-order valence-corrected chi connectivity index (χ0v) is 17.1. The van der Waals surface area contributed by atoms with Gasteiger partial charge >= 0.3 is 0 Å². The monoisotopic (exact) mass is 455 g/mol. The number of aromatic nitrogens is 1. The Balaban J connectivity index is 1.74. The van der Waals surface area contributed by atoms with Crippen molar-refractivity contribution in [3.63, 3.8) is 0 Å². The van der Waals surface area contributed by atoms with Crippen molar-refractivity contribution in [2.24, 2.45) is 0 Å². The van der Waals surface area contributed by atoms with E-state index in [2.05, 4.69) is 31.5 Å². The minimum atomic E-state index is -0.384. The summed E-state index contributed by atoms with van der Waals surface area (Å²) in [5.74, 6) is 0.0830. The predicted molar refractivity (Wildman–Crippen MR) is 113 cm³/mol. The van der Waals surface area contributed by atoms with E-state index in [4.69, 9.17) is 9.47 Å². The largest absolute Gasteiger partial charge is 0.438 e.